The first-order chi connectivity index (χ1) is 5.86. The van der Waals surface area contributed by atoms with Gasteiger partial charge in [0.15, 0.2) is 0 Å². The van der Waals surface area contributed by atoms with E-state index in [0.29, 0.717) is 19.5 Å². The van der Waals surface area contributed by atoms with Gasteiger partial charge < -0.3 is 11.1 Å². The molecule has 0 aliphatic carbocycles. The van der Waals surface area contributed by atoms with Crippen LogP contribution in [0.3, 0.4) is 0 Å². The molecule has 0 unspecified atom stereocenters. The molecule has 0 bridgehead atoms. The van der Waals surface area contributed by atoms with Crippen LogP contribution in [0.4, 0.5) is 0 Å². The lowest BCUT2D eigenvalue weighted by atomic mass is 10.1. The number of hydrogen-bond acceptors (Lipinski definition) is 2. The molecule has 1 aromatic rings. The van der Waals surface area contributed by atoms with Gasteiger partial charge in [0.25, 0.3) is 0 Å². The first kappa shape index (κ1) is 11.9. The molecule has 0 heterocycles. The molecule has 0 saturated carbocycles. The predicted octanol–water partition coefficient (Wildman–Crippen LogP) is 0.813. The number of carbonyl (C=O) groups excluding carboxylic acids is 1. The van der Waals surface area contributed by atoms with Gasteiger partial charge in [-0.15, -0.1) is 12.4 Å². The first-order valence-corrected chi connectivity index (χ1v) is 3.81. The summed E-state index contributed by atoms with van der Waals surface area (Å²) in [6, 6.07) is 7.83. The minimum atomic E-state index is 0. The highest BCUT2D eigenvalue weighted by Crippen LogP contribution is 2.02. The molecule has 0 radical (unpaired) electrons. The van der Waals surface area contributed by atoms with Crippen LogP contribution in [0.25, 0.3) is 0 Å². The van der Waals surface area contributed by atoms with Crippen LogP contribution in [0.5, 0.6) is 0 Å². The third kappa shape index (κ3) is 3.92. The van der Waals surface area contributed by atoms with E-state index >= 15 is 0 Å². The van der Waals surface area contributed by atoms with E-state index in [0.717, 1.165) is 11.1 Å². The summed E-state index contributed by atoms with van der Waals surface area (Å²) in [6.07, 6.45) is 0.691. The Morgan fingerprint density at radius 2 is 1.77 bits per heavy atom. The molecule has 1 amide bonds. The summed E-state index contributed by atoms with van der Waals surface area (Å²) >= 11 is 0. The molecular weight excluding hydrogens is 188 g/mol. The predicted molar refractivity (Wildman–Crippen MR) is 54.5 cm³/mol. The lowest BCUT2D eigenvalue weighted by molar-refractivity contribution is -0.109. The van der Waals surface area contributed by atoms with Crippen molar-refractivity contribution in [1.29, 1.82) is 0 Å². The average Bonchev–Trinajstić information content (AvgIpc) is 2.15. The van der Waals surface area contributed by atoms with Crippen LogP contribution >= 0.6 is 12.4 Å². The van der Waals surface area contributed by atoms with Crippen molar-refractivity contribution < 1.29 is 4.79 Å². The van der Waals surface area contributed by atoms with E-state index in [9.17, 15) is 4.79 Å². The van der Waals surface area contributed by atoms with Crippen LogP contribution in [-0.2, 0) is 17.9 Å². The van der Waals surface area contributed by atoms with E-state index < -0.39 is 0 Å². The molecule has 0 atom stereocenters. The topological polar surface area (TPSA) is 55.1 Å². The second kappa shape index (κ2) is 6.46. The Morgan fingerprint density at radius 3 is 2.23 bits per heavy atom. The maximum Gasteiger partial charge on any atom is 0.207 e. The maximum atomic E-state index is 9.97. The van der Waals surface area contributed by atoms with Crippen LogP contribution in [0.1, 0.15) is 11.1 Å². The summed E-state index contributed by atoms with van der Waals surface area (Å²) in [4.78, 5) is 9.97. The fraction of sp³-hybridized carbons (Fsp3) is 0.222. The van der Waals surface area contributed by atoms with E-state index in [1.807, 2.05) is 24.3 Å². The summed E-state index contributed by atoms with van der Waals surface area (Å²) in [5, 5.41) is 2.59. The zero-order valence-electron chi connectivity index (χ0n) is 7.19. The van der Waals surface area contributed by atoms with E-state index in [4.69, 9.17) is 5.73 Å². The minimum absolute atomic E-state index is 0. The monoisotopic (exact) mass is 200 g/mol. The molecule has 4 heteroatoms. The summed E-state index contributed by atoms with van der Waals surface area (Å²) in [7, 11) is 0. The zero-order chi connectivity index (χ0) is 8.81. The van der Waals surface area contributed by atoms with Gasteiger partial charge in [-0.05, 0) is 11.1 Å². The largest absolute Gasteiger partial charge is 0.355 e. The number of carbonyl (C=O) groups is 1. The number of nitrogens with two attached hydrogens (primary N) is 1. The molecule has 0 aliphatic rings. The quantitative estimate of drug-likeness (QED) is 0.707. The van der Waals surface area contributed by atoms with Gasteiger partial charge in [0.2, 0.25) is 6.41 Å². The smallest absolute Gasteiger partial charge is 0.207 e. The summed E-state index contributed by atoms with van der Waals surface area (Å²) in [6.45, 7) is 1.13. The molecule has 0 fully saturated rings. The van der Waals surface area contributed by atoms with Crippen molar-refractivity contribution in [3.8, 4) is 0 Å². The van der Waals surface area contributed by atoms with Crippen molar-refractivity contribution in [2.75, 3.05) is 0 Å². The highest BCUT2D eigenvalue weighted by Gasteiger charge is 1.91. The fourth-order valence-electron chi connectivity index (χ4n) is 0.953. The lowest BCUT2D eigenvalue weighted by Crippen LogP contribution is -2.09. The number of amides is 1. The van der Waals surface area contributed by atoms with Crippen molar-refractivity contribution in [3.05, 3.63) is 35.4 Å². The van der Waals surface area contributed by atoms with E-state index in [-0.39, 0.29) is 12.4 Å². The van der Waals surface area contributed by atoms with Gasteiger partial charge in [-0.1, -0.05) is 24.3 Å². The number of halogens is 1. The van der Waals surface area contributed by atoms with Crippen molar-refractivity contribution >= 4 is 18.8 Å². The highest BCUT2D eigenvalue weighted by atomic mass is 35.5. The first-order valence-electron chi connectivity index (χ1n) is 3.81. The van der Waals surface area contributed by atoms with Crippen molar-refractivity contribution in [2.45, 2.75) is 13.1 Å². The molecule has 1 rings (SSSR count). The summed E-state index contributed by atoms with van der Waals surface area (Å²) in [5.74, 6) is 0. The number of nitrogens with one attached hydrogen (secondary N) is 1. The van der Waals surface area contributed by atoms with E-state index in [2.05, 4.69) is 5.32 Å². The molecule has 3 nitrogen and oxygen atoms in total. The maximum absolute atomic E-state index is 9.97. The molecule has 0 saturated heterocycles. The highest BCUT2D eigenvalue weighted by molar-refractivity contribution is 5.85. The molecule has 3 N–H and O–H groups in total. The van der Waals surface area contributed by atoms with Gasteiger partial charge in [0, 0.05) is 13.1 Å². The Kier molecular flexibility index (Phi) is 5.93. The molecular formula is C9H13ClN2O. The molecule has 0 aromatic heterocycles. The summed E-state index contributed by atoms with van der Waals surface area (Å²) < 4.78 is 0. The standard InChI is InChI=1S/C9H12N2O.ClH/c10-5-8-1-3-9(4-2-8)6-11-7-12;/h1-4,7H,5-6,10H2,(H,11,12);1H. The molecule has 72 valence electrons. The average molecular weight is 201 g/mol. The van der Waals surface area contributed by atoms with Crippen molar-refractivity contribution in [3.63, 3.8) is 0 Å². The lowest BCUT2D eigenvalue weighted by Gasteiger charge is -2.00. The van der Waals surface area contributed by atoms with Gasteiger partial charge in [0.1, 0.15) is 0 Å². The Labute approximate surface area is 83.7 Å². The second-order valence-corrected chi connectivity index (χ2v) is 2.52. The Morgan fingerprint density at radius 1 is 1.23 bits per heavy atom. The van der Waals surface area contributed by atoms with Gasteiger partial charge in [-0.2, -0.15) is 0 Å². The third-order valence-corrected chi connectivity index (χ3v) is 1.65. The van der Waals surface area contributed by atoms with E-state index in [1.165, 1.54) is 0 Å². The Bertz CT molecular complexity index is 248. The number of rotatable bonds is 4. The SMILES string of the molecule is Cl.NCc1ccc(CNC=O)cc1. The molecule has 13 heavy (non-hydrogen) atoms. The summed E-state index contributed by atoms with van der Waals surface area (Å²) in [5.41, 5.74) is 7.61. The van der Waals surface area contributed by atoms with Crippen LogP contribution in [0, 0.1) is 0 Å². The molecule has 0 spiro atoms. The van der Waals surface area contributed by atoms with Crippen LogP contribution in [0.2, 0.25) is 0 Å². The minimum Gasteiger partial charge on any atom is -0.355 e. The van der Waals surface area contributed by atoms with Crippen LogP contribution in [0.15, 0.2) is 24.3 Å². The Balaban J connectivity index is 0.00000144. The van der Waals surface area contributed by atoms with Crippen molar-refractivity contribution in [1.82, 2.24) is 5.32 Å². The third-order valence-electron chi connectivity index (χ3n) is 1.65. The fourth-order valence-corrected chi connectivity index (χ4v) is 0.953. The van der Waals surface area contributed by atoms with Gasteiger partial charge in [-0.3, -0.25) is 4.79 Å². The molecule has 1 aromatic carbocycles. The van der Waals surface area contributed by atoms with Crippen molar-refractivity contribution in [2.24, 2.45) is 5.73 Å². The second-order valence-electron chi connectivity index (χ2n) is 2.52. The van der Waals surface area contributed by atoms with E-state index in [1.54, 1.807) is 0 Å². The Hall–Kier alpha value is -1.06. The van der Waals surface area contributed by atoms with Gasteiger partial charge in [-0.25, -0.2) is 0 Å². The normalized spacial score (nSPS) is 8.69. The van der Waals surface area contributed by atoms with Crippen LogP contribution in [-0.4, -0.2) is 6.41 Å². The van der Waals surface area contributed by atoms with Crippen LogP contribution < -0.4 is 11.1 Å². The van der Waals surface area contributed by atoms with Gasteiger partial charge in [0.05, 0.1) is 0 Å². The molecule has 0 aliphatic heterocycles. The number of benzene rings is 1. The number of hydrogen-bond donors (Lipinski definition) is 2. The van der Waals surface area contributed by atoms with Gasteiger partial charge >= 0.3 is 0 Å². The zero-order valence-corrected chi connectivity index (χ0v) is 8.01.